The van der Waals surface area contributed by atoms with Crippen LogP contribution in [0.15, 0.2) is 0 Å². The van der Waals surface area contributed by atoms with Crippen molar-refractivity contribution >= 4 is 17.3 Å². The number of nitrogens with one attached hydrogen (secondary N) is 2. The summed E-state index contributed by atoms with van der Waals surface area (Å²) in [5, 5.41) is 33.7. The molecule has 0 saturated carbocycles. The van der Waals surface area contributed by atoms with Gasteiger partial charge in [0.1, 0.15) is 6.10 Å². The Labute approximate surface area is 93.2 Å². The Morgan fingerprint density at radius 1 is 1.53 bits per heavy atom. The summed E-state index contributed by atoms with van der Waals surface area (Å²) in [6.45, 7) is -0.200. The molecule has 0 aromatic carbocycles. The fourth-order valence-corrected chi connectivity index (χ4v) is 1.51. The van der Waals surface area contributed by atoms with Gasteiger partial charge in [-0.05, 0) is 12.2 Å². The minimum atomic E-state index is -1.06. The molecule has 1 rings (SSSR count). The van der Waals surface area contributed by atoms with Crippen molar-refractivity contribution in [2.24, 2.45) is 0 Å². The van der Waals surface area contributed by atoms with Crippen molar-refractivity contribution in [2.75, 3.05) is 13.7 Å². The van der Waals surface area contributed by atoms with E-state index in [0.29, 0.717) is 5.11 Å². The van der Waals surface area contributed by atoms with E-state index in [-0.39, 0.29) is 13.0 Å². The predicted molar refractivity (Wildman–Crippen MR) is 57.2 cm³/mol. The van der Waals surface area contributed by atoms with Crippen molar-refractivity contribution in [1.29, 1.82) is 0 Å². The molecule has 15 heavy (non-hydrogen) atoms. The van der Waals surface area contributed by atoms with Crippen molar-refractivity contribution < 1.29 is 20.1 Å². The van der Waals surface area contributed by atoms with Crippen LogP contribution in [0.5, 0.6) is 0 Å². The molecule has 88 valence electrons. The highest BCUT2D eigenvalue weighted by molar-refractivity contribution is 7.80. The number of ether oxygens (including phenoxy) is 1. The molecule has 0 aromatic heterocycles. The Morgan fingerprint density at radius 3 is 2.73 bits per heavy atom. The first-order valence-corrected chi connectivity index (χ1v) is 5.10. The number of hydrogen-bond donors (Lipinski definition) is 5. The van der Waals surface area contributed by atoms with E-state index in [1.54, 1.807) is 7.05 Å². The van der Waals surface area contributed by atoms with Crippen molar-refractivity contribution in [3.05, 3.63) is 0 Å². The highest BCUT2D eigenvalue weighted by Gasteiger charge is 2.36. The van der Waals surface area contributed by atoms with Crippen LogP contribution < -0.4 is 10.6 Å². The second kappa shape index (κ2) is 5.57. The third-order valence-electron chi connectivity index (χ3n) is 2.25. The monoisotopic (exact) mass is 236 g/mol. The van der Waals surface area contributed by atoms with Gasteiger partial charge < -0.3 is 30.7 Å². The van der Waals surface area contributed by atoms with Crippen LogP contribution in [0.2, 0.25) is 0 Å². The summed E-state index contributed by atoms with van der Waals surface area (Å²) in [4.78, 5) is 0. The topological polar surface area (TPSA) is 94.0 Å². The highest BCUT2D eigenvalue weighted by Crippen LogP contribution is 2.18. The summed E-state index contributed by atoms with van der Waals surface area (Å²) in [7, 11) is 1.63. The molecule has 0 radical (unpaired) electrons. The van der Waals surface area contributed by atoms with E-state index in [4.69, 9.17) is 22.1 Å². The third-order valence-corrected chi connectivity index (χ3v) is 2.57. The zero-order chi connectivity index (χ0) is 11.4. The van der Waals surface area contributed by atoms with Crippen LogP contribution in [0.1, 0.15) is 6.42 Å². The summed E-state index contributed by atoms with van der Waals surface area (Å²) >= 11 is 4.85. The van der Waals surface area contributed by atoms with Crippen LogP contribution in [0.3, 0.4) is 0 Å². The van der Waals surface area contributed by atoms with Gasteiger partial charge in [-0.1, -0.05) is 0 Å². The minimum absolute atomic E-state index is 0.200. The Hall–Kier alpha value is -0.470. The Kier molecular flexibility index (Phi) is 4.68. The summed E-state index contributed by atoms with van der Waals surface area (Å²) in [6, 6.07) is 0. The van der Waals surface area contributed by atoms with E-state index in [2.05, 4.69) is 10.6 Å². The lowest BCUT2D eigenvalue weighted by molar-refractivity contribution is -0.181. The van der Waals surface area contributed by atoms with Gasteiger partial charge >= 0.3 is 0 Å². The van der Waals surface area contributed by atoms with Gasteiger partial charge in [0.25, 0.3) is 0 Å². The number of aliphatic hydroxyl groups is 3. The van der Waals surface area contributed by atoms with Crippen LogP contribution in [0.25, 0.3) is 0 Å². The Morgan fingerprint density at radius 2 is 2.20 bits per heavy atom. The number of rotatable bonds is 2. The molecule has 1 heterocycles. The molecule has 1 saturated heterocycles. The summed E-state index contributed by atoms with van der Waals surface area (Å²) < 4.78 is 5.29. The largest absolute Gasteiger partial charge is 0.394 e. The van der Waals surface area contributed by atoms with Crippen molar-refractivity contribution in [2.45, 2.75) is 31.0 Å². The molecule has 0 aliphatic carbocycles. The van der Waals surface area contributed by atoms with Crippen molar-refractivity contribution in [3.8, 4) is 0 Å². The van der Waals surface area contributed by atoms with Crippen LogP contribution in [0, 0.1) is 0 Å². The number of thiocarbonyl (C=S) groups is 1. The molecular weight excluding hydrogens is 220 g/mol. The van der Waals surface area contributed by atoms with Gasteiger partial charge in [-0.2, -0.15) is 0 Å². The molecule has 0 bridgehead atoms. The van der Waals surface area contributed by atoms with Crippen LogP contribution >= 0.6 is 12.2 Å². The van der Waals surface area contributed by atoms with Gasteiger partial charge in [-0.25, -0.2) is 0 Å². The maximum absolute atomic E-state index is 9.59. The standard InChI is InChI=1S/C8H16N2O4S/c1-9-8(15)10-7-6(13)5(12)2-4(3-11)14-7/h4-7,11-13H,2-3H2,1H3,(H2,9,10,15)/t4-,5-,6+,7+/m0/s1. The zero-order valence-electron chi connectivity index (χ0n) is 8.38. The molecule has 0 amide bonds. The van der Waals surface area contributed by atoms with E-state index in [1.807, 2.05) is 0 Å². The van der Waals surface area contributed by atoms with Gasteiger partial charge in [0, 0.05) is 13.5 Å². The third kappa shape index (κ3) is 3.25. The van der Waals surface area contributed by atoms with E-state index in [1.165, 1.54) is 0 Å². The lowest BCUT2D eigenvalue weighted by atomic mass is 10.0. The Bertz CT molecular complexity index is 229. The van der Waals surface area contributed by atoms with E-state index < -0.39 is 24.5 Å². The zero-order valence-corrected chi connectivity index (χ0v) is 9.20. The lowest BCUT2D eigenvalue weighted by Gasteiger charge is -2.37. The lowest BCUT2D eigenvalue weighted by Crippen LogP contribution is -2.57. The van der Waals surface area contributed by atoms with E-state index in [0.717, 1.165) is 0 Å². The Balaban J connectivity index is 2.56. The SMILES string of the molecule is CNC(=S)N[C@@H]1O[C@H](CO)C[C@H](O)[C@H]1O. The second-order valence-electron chi connectivity index (χ2n) is 3.38. The summed E-state index contributed by atoms with van der Waals surface area (Å²) in [6.07, 6.45) is -3.05. The molecule has 5 N–H and O–H groups in total. The average Bonchev–Trinajstić information content (AvgIpc) is 2.24. The van der Waals surface area contributed by atoms with Crippen LogP contribution in [-0.4, -0.2) is 58.6 Å². The molecule has 6 nitrogen and oxygen atoms in total. The molecule has 1 aliphatic rings. The maximum atomic E-state index is 9.59. The van der Waals surface area contributed by atoms with Gasteiger partial charge in [0.15, 0.2) is 11.3 Å². The first kappa shape index (κ1) is 12.6. The van der Waals surface area contributed by atoms with E-state index >= 15 is 0 Å². The predicted octanol–water partition coefficient (Wildman–Crippen LogP) is -2.09. The first-order valence-electron chi connectivity index (χ1n) is 4.69. The van der Waals surface area contributed by atoms with Gasteiger partial charge in [0.2, 0.25) is 0 Å². The molecule has 1 fully saturated rings. The highest BCUT2D eigenvalue weighted by atomic mass is 32.1. The van der Waals surface area contributed by atoms with E-state index in [9.17, 15) is 10.2 Å². The molecule has 0 unspecified atom stereocenters. The summed E-state index contributed by atoms with van der Waals surface area (Å²) in [5.74, 6) is 0. The fourth-order valence-electron chi connectivity index (χ4n) is 1.39. The number of hydrogen-bond acceptors (Lipinski definition) is 5. The average molecular weight is 236 g/mol. The smallest absolute Gasteiger partial charge is 0.168 e. The first-order chi connectivity index (χ1) is 7.08. The summed E-state index contributed by atoms with van der Waals surface area (Å²) in [5.41, 5.74) is 0. The maximum Gasteiger partial charge on any atom is 0.168 e. The number of aliphatic hydroxyl groups excluding tert-OH is 3. The van der Waals surface area contributed by atoms with Gasteiger partial charge in [-0.15, -0.1) is 0 Å². The van der Waals surface area contributed by atoms with Crippen LogP contribution in [0.4, 0.5) is 0 Å². The van der Waals surface area contributed by atoms with Crippen molar-refractivity contribution in [3.63, 3.8) is 0 Å². The second-order valence-corrected chi connectivity index (χ2v) is 3.79. The molecule has 4 atom stereocenters. The molecule has 1 aliphatic heterocycles. The van der Waals surface area contributed by atoms with Crippen LogP contribution in [-0.2, 0) is 4.74 Å². The van der Waals surface area contributed by atoms with Crippen molar-refractivity contribution in [1.82, 2.24) is 10.6 Å². The molecular formula is C8H16N2O4S. The fraction of sp³-hybridized carbons (Fsp3) is 0.875. The quantitative estimate of drug-likeness (QED) is 0.351. The molecule has 0 aromatic rings. The molecule has 7 heteroatoms. The normalized spacial score (nSPS) is 36.0. The van der Waals surface area contributed by atoms with Gasteiger partial charge in [-0.3, -0.25) is 0 Å². The molecule has 0 spiro atoms. The van der Waals surface area contributed by atoms with Gasteiger partial charge in [0.05, 0.1) is 18.8 Å². The minimum Gasteiger partial charge on any atom is -0.394 e.